The highest BCUT2D eigenvalue weighted by atomic mass is 35.5. The van der Waals surface area contributed by atoms with Crippen molar-refractivity contribution in [2.24, 2.45) is 7.05 Å². The van der Waals surface area contributed by atoms with Gasteiger partial charge in [-0.3, -0.25) is 9.69 Å². The summed E-state index contributed by atoms with van der Waals surface area (Å²) in [7, 11) is 1.69. The SMILES string of the molecule is Cl.Cn1nnc(CN2CCCC2C(=O)O)n1. The first kappa shape index (κ1) is 12.9. The maximum absolute atomic E-state index is 10.9. The number of aryl methyl sites for hydroxylation is 1. The summed E-state index contributed by atoms with van der Waals surface area (Å²) in [6.07, 6.45) is 1.62. The highest BCUT2D eigenvalue weighted by molar-refractivity contribution is 5.85. The van der Waals surface area contributed by atoms with Gasteiger partial charge in [0.05, 0.1) is 13.6 Å². The summed E-state index contributed by atoms with van der Waals surface area (Å²) in [5.41, 5.74) is 0. The predicted molar refractivity (Wildman–Crippen MR) is 57.1 cm³/mol. The number of carboxylic acid groups (broad SMARTS) is 1. The van der Waals surface area contributed by atoms with Gasteiger partial charge in [-0.1, -0.05) is 0 Å². The molecule has 0 amide bonds. The average molecular weight is 248 g/mol. The van der Waals surface area contributed by atoms with Crippen LogP contribution in [0.25, 0.3) is 0 Å². The number of rotatable bonds is 3. The van der Waals surface area contributed by atoms with Crippen LogP contribution in [-0.2, 0) is 18.4 Å². The van der Waals surface area contributed by atoms with E-state index in [1.54, 1.807) is 7.05 Å². The summed E-state index contributed by atoms with van der Waals surface area (Å²) < 4.78 is 0. The van der Waals surface area contributed by atoms with Crippen LogP contribution in [0, 0.1) is 0 Å². The second-order valence-electron chi connectivity index (χ2n) is 3.66. The van der Waals surface area contributed by atoms with Gasteiger partial charge < -0.3 is 5.11 Å². The molecule has 0 aromatic carbocycles. The molecule has 1 N–H and O–H groups in total. The van der Waals surface area contributed by atoms with Crippen molar-refractivity contribution in [2.45, 2.75) is 25.4 Å². The van der Waals surface area contributed by atoms with E-state index >= 15 is 0 Å². The van der Waals surface area contributed by atoms with E-state index in [-0.39, 0.29) is 12.4 Å². The fourth-order valence-electron chi connectivity index (χ4n) is 1.86. The third-order valence-corrected chi connectivity index (χ3v) is 2.54. The minimum atomic E-state index is -0.767. The van der Waals surface area contributed by atoms with E-state index in [1.807, 2.05) is 4.90 Å². The van der Waals surface area contributed by atoms with E-state index in [4.69, 9.17) is 5.11 Å². The van der Waals surface area contributed by atoms with Gasteiger partial charge in [-0.05, 0) is 24.6 Å². The summed E-state index contributed by atoms with van der Waals surface area (Å²) >= 11 is 0. The molecule has 0 radical (unpaired) electrons. The summed E-state index contributed by atoms with van der Waals surface area (Å²) in [6.45, 7) is 1.25. The zero-order chi connectivity index (χ0) is 10.8. The van der Waals surface area contributed by atoms with Crippen LogP contribution >= 0.6 is 12.4 Å². The molecule has 0 spiro atoms. The lowest BCUT2D eigenvalue weighted by molar-refractivity contribution is -0.142. The summed E-state index contributed by atoms with van der Waals surface area (Å²) in [5.74, 6) is -0.193. The van der Waals surface area contributed by atoms with Crippen molar-refractivity contribution in [1.82, 2.24) is 25.1 Å². The van der Waals surface area contributed by atoms with Gasteiger partial charge in [0.25, 0.3) is 0 Å². The van der Waals surface area contributed by atoms with Gasteiger partial charge in [-0.15, -0.1) is 22.6 Å². The van der Waals surface area contributed by atoms with Crippen molar-refractivity contribution < 1.29 is 9.90 Å². The number of hydrogen-bond acceptors (Lipinski definition) is 5. The molecule has 1 atom stereocenters. The van der Waals surface area contributed by atoms with Crippen molar-refractivity contribution in [3.63, 3.8) is 0 Å². The lowest BCUT2D eigenvalue weighted by atomic mass is 10.2. The van der Waals surface area contributed by atoms with Crippen LogP contribution in [0.5, 0.6) is 0 Å². The number of aliphatic carboxylic acids is 1. The molecule has 2 rings (SSSR count). The Morgan fingerprint density at radius 3 is 2.94 bits per heavy atom. The van der Waals surface area contributed by atoms with Crippen LogP contribution < -0.4 is 0 Å². The molecule has 1 aromatic heterocycles. The van der Waals surface area contributed by atoms with Gasteiger partial charge in [0.15, 0.2) is 5.82 Å². The minimum absolute atomic E-state index is 0. The fraction of sp³-hybridized carbons (Fsp3) is 0.750. The quantitative estimate of drug-likeness (QED) is 0.788. The normalized spacial score (nSPS) is 20.7. The second-order valence-corrected chi connectivity index (χ2v) is 3.66. The highest BCUT2D eigenvalue weighted by Crippen LogP contribution is 2.18. The Labute approximate surface area is 98.8 Å². The molecule has 0 saturated carbocycles. The van der Waals surface area contributed by atoms with Gasteiger partial charge >= 0.3 is 5.97 Å². The molecular weight excluding hydrogens is 234 g/mol. The number of tetrazole rings is 1. The zero-order valence-corrected chi connectivity index (χ0v) is 9.72. The zero-order valence-electron chi connectivity index (χ0n) is 8.91. The lowest BCUT2D eigenvalue weighted by Gasteiger charge is -2.18. The molecule has 0 bridgehead atoms. The average Bonchev–Trinajstić information content (AvgIpc) is 2.75. The summed E-state index contributed by atoms with van der Waals surface area (Å²) in [6, 6.07) is -0.395. The number of aromatic nitrogens is 4. The van der Waals surface area contributed by atoms with Gasteiger partial charge in [0, 0.05) is 0 Å². The third kappa shape index (κ3) is 2.67. The Balaban J connectivity index is 0.00000128. The Bertz CT molecular complexity index is 369. The molecule has 1 aliphatic rings. The molecule has 2 heterocycles. The molecule has 90 valence electrons. The lowest BCUT2D eigenvalue weighted by Crippen LogP contribution is -2.35. The number of carbonyl (C=O) groups is 1. The molecule has 1 aromatic rings. The molecule has 1 aliphatic heterocycles. The molecular formula is C8H14ClN5O2. The van der Waals surface area contributed by atoms with Crippen molar-refractivity contribution in [1.29, 1.82) is 0 Å². The van der Waals surface area contributed by atoms with Gasteiger partial charge in [0.1, 0.15) is 6.04 Å². The maximum atomic E-state index is 10.9. The van der Waals surface area contributed by atoms with Crippen LogP contribution in [0.3, 0.4) is 0 Å². The van der Waals surface area contributed by atoms with Crippen molar-refractivity contribution in [2.75, 3.05) is 6.54 Å². The second kappa shape index (κ2) is 5.22. The van der Waals surface area contributed by atoms with Crippen LogP contribution in [0.15, 0.2) is 0 Å². The highest BCUT2D eigenvalue weighted by Gasteiger charge is 2.31. The van der Waals surface area contributed by atoms with E-state index in [0.29, 0.717) is 18.8 Å². The number of nitrogens with zero attached hydrogens (tertiary/aromatic N) is 5. The van der Waals surface area contributed by atoms with Crippen molar-refractivity contribution in [3.8, 4) is 0 Å². The van der Waals surface area contributed by atoms with E-state index in [9.17, 15) is 4.79 Å². The first-order valence-corrected chi connectivity index (χ1v) is 4.86. The minimum Gasteiger partial charge on any atom is -0.480 e. The Morgan fingerprint density at radius 2 is 2.38 bits per heavy atom. The Hall–Kier alpha value is -1.21. The molecule has 8 heteroatoms. The summed E-state index contributed by atoms with van der Waals surface area (Å²) in [5, 5.41) is 20.5. The molecule has 16 heavy (non-hydrogen) atoms. The van der Waals surface area contributed by atoms with Crippen LogP contribution in [0.1, 0.15) is 18.7 Å². The van der Waals surface area contributed by atoms with E-state index in [1.165, 1.54) is 4.80 Å². The molecule has 7 nitrogen and oxygen atoms in total. The maximum Gasteiger partial charge on any atom is 0.320 e. The fourth-order valence-corrected chi connectivity index (χ4v) is 1.86. The van der Waals surface area contributed by atoms with E-state index in [2.05, 4.69) is 15.4 Å². The smallest absolute Gasteiger partial charge is 0.320 e. The Morgan fingerprint density at radius 1 is 1.62 bits per heavy atom. The first-order chi connectivity index (χ1) is 7.16. The van der Waals surface area contributed by atoms with Gasteiger partial charge in [-0.25, -0.2) is 0 Å². The number of hydrogen-bond donors (Lipinski definition) is 1. The number of likely N-dealkylation sites (tertiary alicyclic amines) is 1. The molecule has 1 fully saturated rings. The van der Waals surface area contributed by atoms with Gasteiger partial charge in [0.2, 0.25) is 0 Å². The number of halogens is 1. The van der Waals surface area contributed by atoms with Crippen LogP contribution in [0.2, 0.25) is 0 Å². The standard InChI is InChI=1S/C8H13N5O2.ClH/c1-12-10-7(9-11-12)5-13-4-2-3-6(13)8(14)15;/h6H,2-5H2,1H3,(H,14,15);1H. The number of carboxylic acids is 1. The Kier molecular flexibility index (Phi) is 4.19. The van der Waals surface area contributed by atoms with E-state index in [0.717, 1.165) is 13.0 Å². The predicted octanol–water partition coefficient (Wildman–Crippen LogP) is -0.319. The van der Waals surface area contributed by atoms with Crippen molar-refractivity contribution in [3.05, 3.63) is 5.82 Å². The van der Waals surface area contributed by atoms with Crippen LogP contribution in [0.4, 0.5) is 0 Å². The molecule has 1 saturated heterocycles. The monoisotopic (exact) mass is 247 g/mol. The topological polar surface area (TPSA) is 84.1 Å². The van der Waals surface area contributed by atoms with E-state index < -0.39 is 12.0 Å². The summed E-state index contributed by atoms with van der Waals surface area (Å²) in [4.78, 5) is 14.2. The first-order valence-electron chi connectivity index (χ1n) is 4.86. The molecule has 0 aliphatic carbocycles. The third-order valence-electron chi connectivity index (χ3n) is 2.54. The molecule has 1 unspecified atom stereocenters. The largest absolute Gasteiger partial charge is 0.480 e. The van der Waals surface area contributed by atoms with Crippen LogP contribution in [-0.4, -0.2) is 48.8 Å². The van der Waals surface area contributed by atoms with Gasteiger partial charge in [-0.2, -0.15) is 4.80 Å². The van der Waals surface area contributed by atoms with Crippen molar-refractivity contribution >= 4 is 18.4 Å².